The Balaban J connectivity index is 2.14. The first-order valence-electron chi connectivity index (χ1n) is 6.56. The largest absolute Gasteiger partial charge is 0.299 e. The monoisotopic (exact) mass is 296 g/mol. The van der Waals surface area contributed by atoms with Gasteiger partial charge in [-0.3, -0.25) is 14.9 Å². The number of rotatable bonds is 3. The highest BCUT2D eigenvalue weighted by Gasteiger charge is 2.19. The molecule has 2 aromatic carbocycles. The molecular weight excluding hydrogens is 284 g/mol. The Hall–Kier alpha value is -3.22. The van der Waals surface area contributed by atoms with Crippen molar-refractivity contribution in [1.82, 2.24) is 15.0 Å². The number of nitro benzene ring substituents is 1. The first kappa shape index (κ1) is 13.7. The van der Waals surface area contributed by atoms with E-state index in [0.29, 0.717) is 5.56 Å². The van der Waals surface area contributed by atoms with Gasteiger partial charge in [0.1, 0.15) is 5.69 Å². The van der Waals surface area contributed by atoms with Gasteiger partial charge in [-0.2, -0.15) is 9.78 Å². The first-order valence-corrected chi connectivity index (χ1v) is 6.56. The van der Waals surface area contributed by atoms with E-state index in [2.05, 4.69) is 10.3 Å². The van der Waals surface area contributed by atoms with E-state index in [0.717, 1.165) is 10.2 Å². The molecule has 0 atom stereocenters. The zero-order chi connectivity index (χ0) is 15.7. The molecule has 0 spiro atoms. The van der Waals surface area contributed by atoms with E-state index < -0.39 is 10.5 Å². The predicted octanol–water partition coefficient (Wildman–Crippen LogP) is 2.44. The van der Waals surface area contributed by atoms with Crippen LogP contribution in [0.2, 0.25) is 0 Å². The van der Waals surface area contributed by atoms with E-state index >= 15 is 0 Å². The van der Waals surface area contributed by atoms with Crippen LogP contribution in [0.1, 0.15) is 5.56 Å². The van der Waals surface area contributed by atoms with E-state index in [9.17, 15) is 14.9 Å². The van der Waals surface area contributed by atoms with E-state index in [-0.39, 0.29) is 17.1 Å². The topological polar surface area (TPSA) is 93.8 Å². The molecule has 0 bridgehead atoms. The van der Waals surface area contributed by atoms with Crippen molar-refractivity contribution in [3.05, 3.63) is 74.6 Å². The number of aromatic nitrogens is 3. The number of nitrogens with one attached hydrogen (secondary N) is 1. The summed E-state index contributed by atoms with van der Waals surface area (Å²) < 4.78 is 1.08. The number of hydrogen-bond donors (Lipinski definition) is 1. The van der Waals surface area contributed by atoms with Crippen molar-refractivity contribution in [1.29, 1.82) is 0 Å². The van der Waals surface area contributed by atoms with E-state index in [4.69, 9.17) is 0 Å². The molecule has 1 heterocycles. The fourth-order valence-electron chi connectivity index (χ4n) is 2.17. The summed E-state index contributed by atoms with van der Waals surface area (Å²) in [7, 11) is 0. The molecule has 22 heavy (non-hydrogen) atoms. The lowest BCUT2D eigenvalue weighted by atomic mass is 10.1. The predicted molar refractivity (Wildman–Crippen MR) is 81.0 cm³/mol. The van der Waals surface area contributed by atoms with Crippen LogP contribution in [0.4, 0.5) is 5.69 Å². The second kappa shape index (κ2) is 5.28. The van der Waals surface area contributed by atoms with Crippen LogP contribution in [0.25, 0.3) is 16.9 Å². The summed E-state index contributed by atoms with van der Waals surface area (Å²) in [5.41, 5.74) is 1.51. The Kier molecular flexibility index (Phi) is 3.30. The number of aromatic amines is 1. The number of para-hydroxylation sites is 2. The van der Waals surface area contributed by atoms with Crippen molar-refractivity contribution >= 4 is 5.69 Å². The highest BCUT2D eigenvalue weighted by atomic mass is 16.6. The molecule has 0 aliphatic rings. The molecule has 0 radical (unpaired) electrons. The SMILES string of the molecule is Cc1ccc(-c2n[nH]n(-c3ccccc3[N+](=O)[O-])c2=O)cc1. The first-order chi connectivity index (χ1) is 10.6. The van der Waals surface area contributed by atoms with Gasteiger partial charge < -0.3 is 0 Å². The number of H-pyrrole nitrogens is 1. The minimum atomic E-state index is -0.534. The molecule has 7 nitrogen and oxygen atoms in total. The smallest absolute Gasteiger partial charge is 0.265 e. The van der Waals surface area contributed by atoms with Gasteiger partial charge in [0.15, 0.2) is 5.69 Å². The van der Waals surface area contributed by atoms with Gasteiger partial charge in [0.25, 0.3) is 11.2 Å². The minimum Gasteiger partial charge on any atom is -0.265 e. The zero-order valence-electron chi connectivity index (χ0n) is 11.7. The van der Waals surface area contributed by atoms with Gasteiger partial charge in [0.2, 0.25) is 0 Å². The molecule has 7 heteroatoms. The summed E-state index contributed by atoms with van der Waals surface area (Å²) >= 11 is 0. The summed E-state index contributed by atoms with van der Waals surface area (Å²) in [5, 5.41) is 17.6. The van der Waals surface area contributed by atoms with Crippen LogP contribution >= 0.6 is 0 Å². The molecule has 3 rings (SSSR count). The molecule has 0 aliphatic heterocycles. The summed E-state index contributed by atoms with van der Waals surface area (Å²) in [6, 6.07) is 13.3. The lowest BCUT2D eigenvalue weighted by Crippen LogP contribution is -2.16. The van der Waals surface area contributed by atoms with Gasteiger partial charge in [0, 0.05) is 11.6 Å². The standard InChI is InChI=1S/C15H12N4O3/c1-10-6-8-11(9-7-10)14-15(20)18(17-16-14)12-4-2-3-5-13(12)19(21)22/h2-9,17H,1H3. The zero-order valence-corrected chi connectivity index (χ0v) is 11.7. The van der Waals surface area contributed by atoms with Crippen LogP contribution in [0.5, 0.6) is 0 Å². The van der Waals surface area contributed by atoms with E-state index in [1.807, 2.05) is 19.1 Å². The highest BCUT2D eigenvalue weighted by molar-refractivity contribution is 5.60. The normalized spacial score (nSPS) is 10.6. The second-order valence-electron chi connectivity index (χ2n) is 4.81. The van der Waals surface area contributed by atoms with Gasteiger partial charge >= 0.3 is 0 Å². The molecular formula is C15H12N4O3. The summed E-state index contributed by atoms with van der Waals surface area (Å²) in [6.07, 6.45) is 0. The number of benzene rings is 2. The molecule has 0 unspecified atom stereocenters. The van der Waals surface area contributed by atoms with Crippen LogP contribution in [0, 0.1) is 17.0 Å². The Morgan fingerprint density at radius 3 is 2.50 bits per heavy atom. The van der Waals surface area contributed by atoms with Crippen LogP contribution < -0.4 is 5.56 Å². The third-order valence-corrected chi connectivity index (χ3v) is 3.31. The Morgan fingerprint density at radius 1 is 1.14 bits per heavy atom. The Morgan fingerprint density at radius 2 is 1.82 bits per heavy atom. The van der Waals surface area contributed by atoms with Crippen molar-refractivity contribution < 1.29 is 4.92 Å². The lowest BCUT2D eigenvalue weighted by molar-refractivity contribution is -0.384. The second-order valence-corrected chi connectivity index (χ2v) is 4.81. The maximum Gasteiger partial charge on any atom is 0.299 e. The van der Waals surface area contributed by atoms with Gasteiger partial charge in [0.05, 0.1) is 4.92 Å². The van der Waals surface area contributed by atoms with Crippen molar-refractivity contribution in [3.8, 4) is 16.9 Å². The van der Waals surface area contributed by atoms with Crippen molar-refractivity contribution in [3.63, 3.8) is 0 Å². The maximum absolute atomic E-state index is 12.5. The van der Waals surface area contributed by atoms with Gasteiger partial charge in [-0.05, 0) is 13.0 Å². The summed E-state index contributed by atoms with van der Waals surface area (Å²) in [6.45, 7) is 1.94. The molecule has 0 saturated carbocycles. The van der Waals surface area contributed by atoms with Crippen molar-refractivity contribution in [2.75, 3.05) is 0 Å². The quantitative estimate of drug-likeness (QED) is 0.593. The van der Waals surface area contributed by atoms with Crippen molar-refractivity contribution in [2.24, 2.45) is 0 Å². The van der Waals surface area contributed by atoms with E-state index in [1.54, 1.807) is 24.3 Å². The van der Waals surface area contributed by atoms with Crippen LogP contribution in [0.15, 0.2) is 53.3 Å². The Labute approximate surface area is 125 Å². The van der Waals surface area contributed by atoms with Crippen LogP contribution in [-0.2, 0) is 0 Å². The fourth-order valence-corrected chi connectivity index (χ4v) is 2.17. The molecule has 3 aromatic rings. The van der Waals surface area contributed by atoms with Crippen molar-refractivity contribution in [2.45, 2.75) is 6.92 Å². The van der Waals surface area contributed by atoms with Gasteiger partial charge in [-0.25, -0.2) is 5.21 Å². The average molecular weight is 296 g/mol. The van der Waals surface area contributed by atoms with Crippen LogP contribution in [-0.4, -0.2) is 19.9 Å². The number of nitro groups is 1. The number of aryl methyl sites for hydroxylation is 1. The summed E-state index contributed by atoms with van der Waals surface area (Å²) in [5.74, 6) is 0. The summed E-state index contributed by atoms with van der Waals surface area (Å²) in [4.78, 5) is 23.0. The number of hydrogen-bond acceptors (Lipinski definition) is 4. The van der Waals surface area contributed by atoms with Gasteiger partial charge in [-0.1, -0.05) is 42.0 Å². The Bertz CT molecular complexity index is 894. The number of nitrogens with zero attached hydrogens (tertiary/aromatic N) is 3. The molecule has 1 N–H and O–H groups in total. The maximum atomic E-state index is 12.5. The molecule has 110 valence electrons. The molecule has 1 aromatic heterocycles. The van der Waals surface area contributed by atoms with E-state index in [1.165, 1.54) is 12.1 Å². The molecule has 0 amide bonds. The molecule has 0 saturated heterocycles. The molecule has 0 fully saturated rings. The average Bonchev–Trinajstić information content (AvgIpc) is 2.89. The lowest BCUT2D eigenvalue weighted by Gasteiger charge is -2.01. The highest BCUT2D eigenvalue weighted by Crippen LogP contribution is 2.21. The fraction of sp³-hybridized carbons (Fsp3) is 0.0667. The van der Waals surface area contributed by atoms with Gasteiger partial charge in [-0.15, -0.1) is 0 Å². The minimum absolute atomic E-state index is 0.156. The third-order valence-electron chi connectivity index (χ3n) is 3.31. The third kappa shape index (κ3) is 2.28. The van der Waals surface area contributed by atoms with Crippen LogP contribution in [0.3, 0.4) is 0 Å². The molecule has 0 aliphatic carbocycles.